The molecule has 0 aromatic heterocycles. The van der Waals surface area contributed by atoms with E-state index >= 15 is 0 Å². The first kappa shape index (κ1) is 12.7. The molecule has 18 heavy (non-hydrogen) atoms. The van der Waals surface area contributed by atoms with Gasteiger partial charge in [0.25, 0.3) is 0 Å². The summed E-state index contributed by atoms with van der Waals surface area (Å²) < 4.78 is 0. The van der Waals surface area contributed by atoms with Gasteiger partial charge in [0.1, 0.15) is 0 Å². The lowest BCUT2D eigenvalue weighted by Gasteiger charge is -2.16. The van der Waals surface area contributed by atoms with Gasteiger partial charge in [-0.3, -0.25) is 0 Å². The Morgan fingerprint density at radius 3 is 1.83 bits per heavy atom. The number of hydrogen-bond donors (Lipinski definition) is 1. The maximum atomic E-state index is 3.51. The van der Waals surface area contributed by atoms with Crippen molar-refractivity contribution >= 4 is 5.69 Å². The van der Waals surface area contributed by atoms with E-state index in [0.29, 0.717) is 12.0 Å². The van der Waals surface area contributed by atoms with Gasteiger partial charge in [-0.05, 0) is 36.1 Å². The first-order valence-corrected chi connectivity index (χ1v) is 6.58. The molecule has 0 amide bonds. The van der Waals surface area contributed by atoms with Crippen LogP contribution in [0.15, 0.2) is 54.6 Å². The lowest BCUT2D eigenvalue weighted by molar-refractivity contribution is 0.852. The zero-order chi connectivity index (χ0) is 13.0. The summed E-state index contributed by atoms with van der Waals surface area (Å²) in [4.78, 5) is 0. The van der Waals surface area contributed by atoms with Gasteiger partial charge in [0, 0.05) is 11.7 Å². The van der Waals surface area contributed by atoms with Gasteiger partial charge in [-0.2, -0.15) is 0 Å². The van der Waals surface area contributed by atoms with E-state index < -0.39 is 0 Å². The number of para-hydroxylation sites is 1. The molecule has 0 spiro atoms. The molecule has 0 aliphatic rings. The van der Waals surface area contributed by atoms with Gasteiger partial charge in [0.05, 0.1) is 0 Å². The predicted octanol–water partition coefficient (Wildman–Crippen LogP) is 4.98. The Balaban J connectivity index is 2.07. The average Bonchev–Trinajstić information content (AvgIpc) is 2.40. The van der Waals surface area contributed by atoms with Crippen LogP contribution in [0.1, 0.15) is 43.9 Å². The van der Waals surface area contributed by atoms with Crippen LogP contribution in [0, 0.1) is 0 Å². The fourth-order valence-corrected chi connectivity index (χ4v) is 2.04. The summed E-state index contributed by atoms with van der Waals surface area (Å²) in [6.07, 6.45) is 0. The molecule has 1 atom stereocenters. The fraction of sp³-hybridized carbons (Fsp3) is 0.294. The maximum absolute atomic E-state index is 3.51. The summed E-state index contributed by atoms with van der Waals surface area (Å²) >= 11 is 0. The molecule has 0 radical (unpaired) electrons. The van der Waals surface area contributed by atoms with Crippen LogP contribution in [0.25, 0.3) is 0 Å². The van der Waals surface area contributed by atoms with E-state index in [2.05, 4.69) is 74.6 Å². The van der Waals surface area contributed by atoms with Crippen molar-refractivity contribution in [2.45, 2.75) is 32.7 Å². The van der Waals surface area contributed by atoms with E-state index in [1.54, 1.807) is 0 Å². The Hall–Kier alpha value is -1.76. The van der Waals surface area contributed by atoms with E-state index in [1.165, 1.54) is 11.1 Å². The van der Waals surface area contributed by atoms with Crippen molar-refractivity contribution < 1.29 is 0 Å². The first-order valence-electron chi connectivity index (χ1n) is 6.58. The largest absolute Gasteiger partial charge is 0.379 e. The lowest BCUT2D eigenvalue weighted by Crippen LogP contribution is -2.06. The number of anilines is 1. The minimum atomic E-state index is 0.327. The van der Waals surface area contributed by atoms with Gasteiger partial charge in [-0.15, -0.1) is 0 Å². The third-order valence-electron chi connectivity index (χ3n) is 3.26. The van der Waals surface area contributed by atoms with Gasteiger partial charge < -0.3 is 5.32 Å². The molecule has 0 aliphatic carbocycles. The lowest BCUT2D eigenvalue weighted by atomic mass is 9.99. The molecule has 0 saturated carbocycles. The minimum absolute atomic E-state index is 0.327. The highest BCUT2D eigenvalue weighted by Crippen LogP contribution is 2.21. The molecule has 1 heteroatoms. The van der Waals surface area contributed by atoms with Crippen molar-refractivity contribution in [3.63, 3.8) is 0 Å². The Kier molecular flexibility index (Phi) is 4.03. The highest BCUT2D eigenvalue weighted by Gasteiger charge is 2.05. The SMILES string of the molecule is CC(C)c1ccc(C(C)Nc2ccccc2)cc1. The first-order chi connectivity index (χ1) is 8.66. The summed E-state index contributed by atoms with van der Waals surface area (Å²) in [6.45, 7) is 6.64. The van der Waals surface area contributed by atoms with Crippen molar-refractivity contribution in [2.24, 2.45) is 0 Å². The molecule has 94 valence electrons. The monoisotopic (exact) mass is 239 g/mol. The van der Waals surface area contributed by atoms with Crippen LogP contribution in [0.5, 0.6) is 0 Å². The number of benzene rings is 2. The predicted molar refractivity (Wildman–Crippen MR) is 79.0 cm³/mol. The second-order valence-corrected chi connectivity index (χ2v) is 5.05. The zero-order valence-electron chi connectivity index (χ0n) is 11.4. The van der Waals surface area contributed by atoms with Crippen molar-refractivity contribution in [3.8, 4) is 0 Å². The van der Waals surface area contributed by atoms with E-state index in [9.17, 15) is 0 Å². The van der Waals surface area contributed by atoms with Gasteiger partial charge in [0.2, 0.25) is 0 Å². The normalized spacial score (nSPS) is 12.4. The molecule has 0 saturated heterocycles. The van der Waals surface area contributed by atoms with Crippen molar-refractivity contribution in [1.82, 2.24) is 0 Å². The van der Waals surface area contributed by atoms with E-state index in [1.807, 2.05) is 6.07 Å². The quantitative estimate of drug-likeness (QED) is 0.793. The molecule has 0 fully saturated rings. The van der Waals surface area contributed by atoms with E-state index in [4.69, 9.17) is 0 Å². The molecule has 0 heterocycles. The highest BCUT2D eigenvalue weighted by atomic mass is 14.9. The Bertz CT molecular complexity index is 471. The third-order valence-corrected chi connectivity index (χ3v) is 3.26. The molecule has 2 aromatic carbocycles. The molecule has 0 bridgehead atoms. The third kappa shape index (κ3) is 3.13. The van der Waals surface area contributed by atoms with E-state index in [-0.39, 0.29) is 0 Å². The van der Waals surface area contributed by atoms with Crippen LogP contribution >= 0.6 is 0 Å². The van der Waals surface area contributed by atoms with Crippen LogP contribution in [0.2, 0.25) is 0 Å². The number of rotatable bonds is 4. The Morgan fingerprint density at radius 2 is 1.28 bits per heavy atom. The van der Waals surface area contributed by atoms with Crippen molar-refractivity contribution in [2.75, 3.05) is 5.32 Å². The molecular formula is C17H21N. The zero-order valence-corrected chi connectivity index (χ0v) is 11.4. The summed E-state index contributed by atoms with van der Waals surface area (Å²) in [5, 5.41) is 3.51. The van der Waals surface area contributed by atoms with Crippen LogP contribution in [0.3, 0.4) is 0 Å². The topological polar surface area (TPSA) is 12.0 Å². The highest BCUT2D eigenvalue weighted by molar-refractivity contribution is 5.45. The number of nitrogens with one attached hydrogen (secondary N) is 1. The standard InChI is InChI=1S/C17H21N/c1-13(2)15-9-11-16(12-10-15)14(3)18-17-7-5-4-6-8-17/h4-14,18H,1-3H3. The Morgan fingerprint density at radius 1 is 0.722 bits per heavy atom. The van der Waals surface area contributed by atoms with E-state index in [0.717, 1.165) is 5.69 Å². The van der Waals surface area contributed by atoms with Gasteiger partial charge >= 0.3 is 0 Å². The second kappa shape index (κ2) is 5.72. The van der Waals surface area contributed by atoms with Gasteiger partial charge in [0.15, 0.2) is 0 Å². The van der Waals surface area contributed by atoms with Gasteiger partial charge in [-0.1, -0.05) is 56.3 Å². The second-order valence-electron chi connectivity index (χ2n) is 5.05. The molecule has 0 aliphatic heterocycles. The smallest absolute Gasteiger partial charge is 0.0485 e. The molecular weight excluding hydrogens is 218 g/mol. The molecule has 2 aromatic rings. The van der Waals surface area contributed by atoms with Crippen LogP contribution in [0.4, 0.5) is 5.69 Å². The summed E-state index contributed by atoms with van der Waals surface area (Å²) in [5.74, 6) is 0.594. The molecule has 1 nitrogen and oxygen atoms in total. The number of hydrogen-bond acceptors (Lipinski definition) is 1. The summed E-state index contributed by atoms with van der Waals surface area (Å²) in [6, 6.07) is 19.5. The fourth-order valence-electron chi connectivity index (χ4n) is 2.04. The molecule has 2 rings (SSSR count). The molecule has 1 N–H and O–H groups in total. The Labute approximate surface area is 110 Å². The van der Waals surface area contributed by atoms with Crippen LogP contribution in [-0.2, 0) is 0 Å². The van der Waals surface area contributed by atoms with Crippen LogP contribution < -0.4 is 5.32 Å². The summed E-state index contributed by atoms with van der Waals surface area (Å²) in [5.41, 5.74) is 3.88. The van der Waals surface area contributed by atoms with Crippen molar-refractivity contribution in [3.05, 3.63) is 65.7 Å². The van der Waals surface area contributed by atoms with Gasteiger partial charge in [-0.25, -0.2) is 0 Å². The summed E-state index contributed by atoms with van der Waals surface area (Å²) in [7, 11) is 0. The molecule has 1 unspecified atom stereocenters. The van der Waals surface area contributed by atoms with Crippen molar-refractivity contribution in [1.29, 1.82) is 0 Å². The maximum Gasteiger partial charge on any atom is 0.0485 e. The van der Waals surface area contributed by atoms with Crippen LogP contribution in [-0.4, -0.2) is 0 Å². The average molecular weight is 239 g/mol. The minimum Gasteiger partial charge on any atom is -0.379 e.